The number of nitrogens with zero attached hydrogens (tertiary/aromatic N) is 4. The van der Waals surface area contributed by atoms with Gasteiger partial charge in [0.2, 0.25) is 5.82 Å². The summed E-state index contributed by atoms with van der Waals surface area (Å²) in [5.41, 5.74) is 4.31. The molecule has 2 aliphatic rings. The molecule has 0 spiro atoms. The van der Waals surface area contributed by atoms with Gasteiger partial charge in [-0.3, -0.25) is 9.78 Å². The molecular weight excluding hydrogens is 471 g/mol. The quantitative estimate of drug-likeness (QED) is 0.572. The molecule has 3 aromatic rings. The Morgan fingerprint density at radius 2 is 1.83 bits per heavy atom. The van der Waals surface area contributed by atoms with Crippen LogP contribution in [0.1, 0.15) is 51.5 Å². The third-order valence-corrected chi connectivity index (χ3v) is 6.35. The molecular formula is C26H24F3N5O2. The van der Waals surface area contributed by atoms with Gasteiger partial charge in [0.05, 0.1) is 42.4 Å². The van der Waals surface area contributed by atoms with Gasteiger partial charge in [0.15, 0.2) is 0 Å². The molecule has 10 heteroatoms. The highest BCUT2D eigenvalue weighted by molar-refractivity contribution is 5.91. The van der Waals surface area contributed by atoms with Crippen molar-refractivity contribution in [2.45, 2.75) is 25.6 Å². The number of amides is 1. The molecule has 1 atom stereocenters. The highest BCUT2D eigenvalue weighted by atomic mass is 19.4. The van der Waals surface area contributed by atoms with E-state index < -0.39 is 23.7 Å². The van der Waals surface area contributed by atoms with E-state index in [-0.39, 0.29) is 5.82 Å². The van der Waals surface area contributed by atoms with Crippen LogP contribution in [0.25, 0.3) is 5.57 Å². The van der Waals surface area contributed by atoms with Crippen molar-refractivity contribution in [2.24, 2.45) is 0 Å². The number of fused-ring (bicyclic) bond motifs is 1. The number of aromatic nitrogens is 3. The highest BCUT2D eigenvalue weighted by Crippen LogP contribution is 2.34. The number of pyridine rings is 1. The lowest BCUT2D eigenvalue weighted by atomic mass is 10.0. The molecule has 5 rings (SSSR count). The smallest absolute Gasteiger partial charge is 0.378 e. The summed E-state index contributed by atoms with van der Waals surface area (Å²) < 4.78 is 44.5. The Hall–Kier alpha value is -3.79. The van der Waals surface area contributed by atoms with E-state index in [9.17, 15) is 18.0 Å². The van der Waals surface area contributed by atoms with E-state index in [1.165, 1.54) is 12.1 Å². The van der Waals surface area contributed by atoms with Gasteiger partial charge in [-0.05, 0) is 36.3 Å². The number of alkyl halides is 3. The molecule has 1 aliphatic heterocycles. The molecule has 0 radical (unpaired) electrons. The third kappa shape index (κ3) is 4.94. The van der Waals surface area contributed by atoms with Crippen LogP contribution in [0.2, 0.25) is 0 Å². The second-order valence-corrected chi connectivity index (χ2v) is 8.72. The minimum Gasteiger partial charge on any atom is -0.378 e. The van der Waals surface area contributed by atoms with Gasteiger partial charge in [0, 0.05) is 43.0 Å². The van der Waals surface area contributed by atoms with Crippen molar-refractivity contribution in [3.8, 4) is 0 Å². The molecule has 1 N–H and O–H groups in total. The zero-order valence-corrected chi connectivity index (χ0v) is 19.5. The lowest BCUT2D eigenvalue weighted by molar-refractivity contribution is -0.137. The minimum atomic E-state index is -4.45. The molecule has 1 saturated heterocycles. The summed E-state index contributed by atoms with van der Waals surface area (Å²) in [4.78, 5) is 28.0. The number of allylic oxidation sites excluding steroid dienone is 1. The van der Waals surface area contributed by atoms with Crippen molar-refractivity contribution in [3.63, 3.8) is 0 Å². The van der Waals surface area contributed by atoms with Crippen molar-refractivity contribution in [3.05, 3.63) is 88.8 Å². The maximum atomic E-state index is 13.0. The first-order valence-electron chi connectivity index (χ1n) is 11.6. The molecule has 2 aromatic heterocycles. The van der Waals surface area contributed by atoms with E-state index in [0.717, 1.165) is 53.3 Å². The number of rotatable bonds is 5. The van der Waals surface area contributed by atoms with Crippen LogP contribution in [0.15, 0.2) is 55.0 Å². The third-order valence-electron chi connectivity index (χ3n) is 6.35. The number of ether oxygens (including phenoxy) is 1. The van der Waals surface area contributed by atoms with Gasteiger partial charge in [-0.25, -0.2) is 9.97 Å². The van der Waals surface area contributed by atoms with Crippen LogP contribution in [0.4, 0.5) is 18.9 Å². The maximum Gasteiger partial charge on any atom is 0.416 e. The number of carbonyl (C=O) groups is 1. The molecule has 186 valence electrons. The molecule has 0 bridgehead atoms. The average Bonchev–Trinajstić information content (AvgIpc) is 3.32. The molecule has 7 nitrogen and oxygen atoms in total. The Morgan fingerprint density at radius 3 is 2.56 bits per heavy atom. The van der Waals surface area contributed by atoms with Crippen LogP contribution in [0, 0.1) is 0 Å². The number of halogens is 3. The molecule has 0 saturated carbocycles. The Balaban J connectivity index is 1.29. The Labute approximate surface area is 206 Å². The van der Waals surface area contributed by atoms with Crippen LogP contribution >= 0.6 is 0 Å². The molecule has 36 heavy (non-hydrogen) atoms. The van der Waals surface area contributed by atoms with Crippen LogP contribution in [0.5, 0.6) is 0 Å². The Morgan fingerprint density at radius 1 is 1.08 bits per heavy atom. The lowest BCUT2D eigenvalue weighted by Gasteiger charge is -2.29. The van der Waals surface area contributed by atoms with Gasteiger partial charge in [-0.15, -0.1) is 0 Å². The van der Waals surface area contributed by atoms with Crippen LogP contribution in [0.3, 0.4) is 0 Å². The fraction of sp³-hybridized carbons (Fsp3) is 0.308. The first kappa shape index (κ1) is 23.9. The van der Waals surface area contributed by atoms with Gasteiger partial charge in [0.25, 0.3) is 5.91 Å². The van der Waals surface area contributed by atoms with Crippen molar-refractivity contribution in [2.75, 3.05) is 31.2 Å². The summed E-state index contributed by atoms with van der Waals surface area (Å²) in [6.45, 7) is 4.60. The largest absolute Gasteiger partial charge is 0.416 e. The second kappa shape index (κ2) is 9.69. The van der Waals surface area contributed by atoms with Crippen molar-refractivity contribution in [1.29, 1.82) is 0 Å². The normalized spacial score (nSPS) is 16.3. The summed E-state index contributed by atoms with van der Waals surface area (Å²) in [5, 5.41) is 2.67. The zero-order valence-electron chi connectivity index (χ0n) is 19.5. The topological polar surface area (TPSA) is 80.2 Å². The molecule has 0 unspecified atom stereocenters. The summed E-state index contributed by atoms with van der Waals surface area (Å²) >= 11 is 0. The van der Waals surface area contributed by atoms with Gasteiger partial charge >= 0.3 is 6.18 Å². The summed E-state index contributed by atoms with van der Waals surface area (Å²) in [5.74, 6) is -0.625. The predicted octanol–water partition coefficient (Wildman–Crippen LogP) is 4.21. The SMILES string of the molecule is C[C@@H](NC(=O)c1ncc(C2=CCc3ncc(N4CCOCC4)cc32)cn1)c1cccc(C(F)(F)F)c1. The van der Waals surface area contributed by atoms with Crippen molar-refractivity contribution >= 4 is 17.2 Å². The summed E-state index contributed by atoms with van der Waals surface area (Å²) in [6.07, 6.45) is 3.36. The standard InChI is InChI=1S/C26H24F3N5O2/c1-16(17-3-2-4-19(11-17)26(27,28)29)33-25(35)24-31-13-18(14-32-24)21-5-6-23-22(21)12-20(15-30-23)34-7-9-36-10-8-34/h2-5,11-16H,6-10H2,1H3,(H,33,35)/t16-/m1/s1. The van der Waals surface area contributed by atoms with Gasteiger partial charge in [0.1, 0.15) is 0 Å². The van der Waals surface area contributed by atoms with Crippen LogP contribution in [-0.4, -0.2) is 47.2 Å². The fourth-order valence-corrected chi connectivity index (χ4v) is 4.37. The number of hydrogen-bond donors (Lipinski definition) is 1. The number of nitrogens with one attached hydrogen (secondary N) is 1. The first-order chi connectivity index (χ1) is 17.3. The molecule has 1 aliphatic carbocycles. The van der Waals surface area contributed by atoms with Crippen LogP contribution in [-0.2, 0) is 17.3 Å². The van der Waals surface area contributed by atoms with Crippen LogP contribution < -0.4 is 10.2 Å². The van der Waals surface area contributed by atoms with E-state index in [1.54, 1.807) is 19.3 Å². The maximum absolute atomic E-state index is 13.0. The molecule has 1 aromatic carbocycles. The van der Waals surface area contributed by atoms with E-state index in [0.29, 0.717) is 25.2 Å². The van der Waals surface area contributed by atoms with E-state index in [1.807, 2.05) is 6.20 Å². The number of hydrogen-bond acceptors (Lipinski definition) is 6. The first-order valence-corrected chi connectivity index (χ1v) is 11.6. The van der Waals surface area contributed by atoms with E-state index >= 15 is 0 Å². The molecule has 1 amide bonds. The minimum absolute atomic E-state index is 0.0587. The number of anilines is 1. The summed E-state index contributed by atoms with van der Waals surface area (Å²) in [7, 11) is 0. The van der Waals surface area contributed by atoms with Gasteiger partial charge in [-0.1, -0.05) is 18.2 Å². The molecule has 1 fully saturated rings. The number of morpholine rings is 1. The van der Waals surface area contributed by atoms with Gasteiger partial charge in [-0.2, -0.15) is 13.2 Å². The summed E-state index contributed by atoms with van der Waals surface area (Å²) in [6, 6.07) is 6.33. The predicted molar refractivity (Wildman–Crippen MR) is 127 cm³/mol. The highest BCUT2D eigenvalue weighted by Gasteiger charge is 2.31. The van der Waals surface area contributed by atoms with E-state index in [2.05, 4.69) is 37.3 Å². The number of benzene rings is 1. The fourth-order valence-electron chi connectivity index (χ4n) is 4.37. The van der Waals surface area contributed by atoms with E-state index in [4.69, 9.17) is 4.74 Å². The second-order valence-electron chi connectivity index (χ2n) is 8.72. The Bertz CT molecular complexity index is 1300. The monoisotopic (exact) mass is 495 g/mol. The van der Waals surface area contributed by atoms with Crippen molar-refractivity contribution in [1.82, 2.24) is 20.3 Å². The zero-order chi connectivity index (χ0) is 25.3. The molecule has 3 heterocycles. The average molecular weight is 496 g/mol. The van der Waals surface area contributed by atoms with Crippen molar-refractivity contribution < 1.29 is 22.7 Å². The van der Waals surface area contributed by atoms with Gasteiger partial charge < -0.3 is 15.0 Å². The lowest BCUT2D eigenvalue weighted by Crippen LogP contribution is -2.36. The number of carbonyl (C=O) groups excluding carboxylic acids is 1. The Kier molecular flexibility index (Phi) is 6.44.